The van der Waals surface area contributed by atoms with Crippen molar-refractivity contribution in [1.29, 1.82) is 0 Å². The second-order valence-electron chi connectivity index (χ2n) is 5.09. The number of nitrogens with zero attached hydrogens (tertiary/aromatic N) is 3. The van der Waals surface area contributed by atoms with E-state index in [4.69, 9.17) is 16.7 Å². The fraction of sp³-hybridized carbons (Fsp3) is 0.571. The fourth-order valence-corrected chi connectivity index (χ4v) is 2.40. The van der Waals surface area contributed by atoms with Crippen molar-refractivity contribution in [3.63, 3.8) is 0 Å². The zero-order chi connectivity index (χ0) is 14.5. The molecule has 5 nitrogen and oxygen atoms in total. The quantitative estimate of drug-likeness (QED) is 0.865. The molecule has 1 fully saturated rings. The molecule has 0 aromatic carbocycles. The topological polar surface area (TPSA) is 56.7 Å². The summed E-state index contributed by atoms with van der Waals surface area (Å²) in [5, 5.41) is 9.68. The van der Waals surface area contributed by atoms with Crippen LogP contribution in [0.3, 0.4) is 0 Å². The van der Waals surface area contributed by atoms with Crippen molar-refractivity contribution >= 4 is 23.3 Å². The molecule has 1 aromatic heterocycles. The Morgan fingerprint density at radius 3 is 2.75 bits per heavy atom. The monoisotopic (exact) mass is 297 g/mol. The van der Waals surface area contributed by atoms with Gasteiger partial charge < -0.3 is 14.9 Å². The Kier molecular flexibility index (Phi) is 5.20. The lowest BCUT2D eigenvalue weighted by molar-refractivity contribution is -0.134. The first-order valence-electron chi connectivity index (χ1n) is 6.85. The van der Waals surface area contributed by atoms with Gasteiger partial charge in [0, 0.05) is 25.8 Å². The summed E-state index contributed by atoms with van der Waals surface area (Å²) in [6.07, 6.45) is 4.80. The second-order valence-corrected chi connectivity index (χ2v) is 5.52. The highest BCUT2D eigenvalue weighted by atomic mass is 35.5. The summed E-state index contributed by atoms with van der Waals surface area (Å²) in [5.41, 5.74) is 0. The average molecular weight is 298 g/mol. The van der Waals surface area contributed by atoms with E-state index in [2.05, 4.69) is 4.98 Å². The number of anilines is 1. The lowest BCUT2D eigenvalue weighted by Gasteiger charge is -2.38. The van der Waals surface area contributed by atoms with Gasteiger partial charge in [-0.1, -0.05) is 11.6 Å². The Labute approximate surface area is 124 Å². The summed E-state index contributed by atoms with van der Waals surface area (Å²) >= 11 is 5.80. The molecule has 0 radical (unpaired) electrons. The molecule has 20 heavy (non-hydrogen) atoms. The minimum atomic E-state index is 0.00511. The number of pyridine rings is 1. The third-order valence-corrected chi connectivity index (χ3v) is 3.88. The molecule has 1 aliphatic rings. The van der Waals surface area contributed by atoms with Gasteiger partial charge in [0.15, 0.2) is 0 Å². The largest absolute Gasteiger partial charge is 0.395 e. The average Bonchev–Trinajstić information content (AvgIpc) is 2.36. The summed E-state index contributed by atoms with van der Waals surface area (Å²) in [5.74, 6) is 0.739. The van der Waals surface area contributed by atoms with Gasteiger partial charge in [0.2, 0.25) is 5.91 Å². The van der Waals surface area contributed by atoms with Crippen LogP contribution in [0.4, 0.5) is 5.82 Å². The zero-order valence-corrected chi connectivity index (χ0v) is 12.4. The third kappa shape index (κ3) is 3.61. The van der Waals surface area contributed by atoms with Crippen LogP contribution >= 0.6 is 11.6 Å². The van der Waals surface area contributed by atoms with Crippen molar-refractivity contribution in [2.24, 2.45) is 0 Å². The Hall–Kier alpha value is -1.33. The molecule has 1 saturated carbocycles. The number of halogens is 1. The van der Waals surface area contributed by atoms with E-state index in [0.29, 0.717) is 23.4 Å². The van der Waals surface area contributed by atoms with Gasteiger partial charge in [0.1, 0.15) is 5.82 Å². The van der Waals surface area contributed by atoms with Gasteiger partial charge in [0.05, 0.1) is 18.2 Å². The lowest BCUT2D eigenvalue weighted by atomic mass is 9.91. The van der Waals surface area contributed by atoms with E-state index in [-0.39, 0.29) is 19.1 Å². The van der Waals surface area contributed by atoms with Gasteiger partial charge in [-0.2, -0.15) is 0 Å². The molecule has 1 aromatic rings. The van der Waals surface area contributed by atoms with E-state index in [9.17, 15) is 4.79 Å². The molecule has 1 amide bonds. The summed E-state index contributed by atoms with van der Waals surface area (Å²) in [7, 11) is 1.83. The van der Waals surface area contributed by atoms with Crippen LogP contribution in [0.2, 0.25) is 5.02 Å². The highest BCUT2D eigenvalue weighted by molar-refractivity contribution is 6.30. The van der Waals surface area contributed by atoms with Crippen LogP contribution in [0.5, 0.6) is 0 Å². The predicted octanol–water partition coefficient (Wildman–Crippen LogP) is 1.54. The van der Waals surface area contributed by atoms with Crippen LogP contribution in [-0.4, -0.2) is 53.7 Å². The first-order chi connectivity index (χ1) is 9.61. The van der Waals surface area contributed by atoms with Crippen molar-refractivity contribution in [2.75, 3.05) is 31.6 Å². The van der Waals surface area contributed by atoms with Crippen LogP contribution in [-0.2, 0) is 4.79 Å². The minimum absolute atomic E-state index is 0.00511. The number of hydrogen-bond acceptors (Lipinski definition) is 4. The predicted molar refractivity (Wildman–Crippen MR) is 79.0 cm³/mol. The van der Waals surface area contributed by atoms with E-state index >= 15 is 0 Å². The number of likely N-dealkylation sites (N-methyl/N-ethyl adjacent to an activating group) is 1. The highest BCUT2D eigenvalue weighted by Gasteiger charge is 2.28. The summed E-state index contributed by atoms with van der Waals surface area (Å²) in [6, 6.07) is 3.83. The molecule has 110 valence electrons. The standard InChI is InChI=1S/C14H20ClN3O2/c1-17(13-6-5-11(15)9-16-13)10-14(20)18(7-8-19)12-3-2-4-12/h5-6,9,12,19H,2-4,7-8,10H2,1H3. The van der Waals surface area contributed by atoms with Crippen molar-refractivity contribution < 1.29 is 9.90 Å². The van der Waals surface area contributed by atoms with Crippen molar-refractivity contribution in [3.8, 4) is 0 Å². The Morgan fingerprint density at radius 2 is 2.25 bits per heavy atom. The van der Waals surface area contributed by atoms with E-state index in [1.165, 1.54) is 0 Å². The Balaban J connectivity index is 1.96. The number of aliphatic hydroxyl groups is 1. The Bertz CT molecular complexity index is 448. The van der Waals surface area contributed by atoms with Crippen molar-refractivity contribution in [2.45, 2.75) is 25.3 Å². The number of hydrogen-bond donors (Lipinski definition) is 1. The number of carbonyl (C=O) groups is 1. The maximum absolute atomic E-state index is 12.3. The number of amides is 1. The van der Waals surface area contributed by atoms with Gasteiger partial charge in [-0.25, -0.2) is 4.98 Å². The molecular formula is C14H20ClN3O2. The second kappa shape index (κ2) is 6.90. The number of aliphatic hydroxyl groups excluding tert-OH is 1. The van der Waals surface area contributed by atoms with Crippen LogP contribution < -0.4 is 4.90 Å². The molecule has 0 atom stereocenters. The molecule has 2 rings (SSSR count). The van der Waals surface area contributed by atoms with E-state index in [0.717, 1.165) is 19.3 Å². The zero-order valence-electron chi connectivity index (χ0n) is 11.6. The van der Waals surface area contributed by atoms with Gasteiger partial charge in [-0.3, -0.25) is 4.79 Å². The van der Waals surface area contributed by atoms with Crippen LogP contribution in [0.25, 0.3) is 0 Å². The minimum Gasteiger partial charge on any atom is -0.395 e. The molecule has 1 aliphatic carbocycles. The molecule has 0 saturated heterocycles. The SMILES string of the molecule is CN(CC(=O)N(CCO)C1CCC1)c1ccc(Cl)cn1. The molecule has 0 unspecified atom stereocenters. The highest BCUT2D eigenvalue weighted by Crippen LogP contribution is 2.25. The van der Waals surface area contributed by atoms with Crippen molar-refractivity contribution in [1.82, 2.24) is 9.88 Å². The van der Waals surface area contributed by atoms with Crippen LogP contribution in [0, 0.1) is 0 Å². The van der Waals surface area contributed by atoms with Crippen LogP contribution in [0.1, 0.15) is 19.3 Å². The maximum atomic E-state index is 12.3. The Morgan fingerprint density at radius 1 is 1.50 bits per heavy atom. The van der Waals surface area contributed by atoms with Crippen LogP contribution in [0.15, 0.2) is 18.3 Å². The molecule has 0 bridgehead atoms. The molecule has 0 aliphatic heterocycles. The normalized spacial score (nSPS) is 14.8. The van der Waals surface area contributed by atoms with Gasteiger partial charge >= 0.3 is 0 Å². The van der Waals surface area contributed by atoms with E-state index in [1.54, 1.807) is 28.1 Å². The van der Waals surface area contributed by atoms with E-state index in [1.807, 2.05) is 7.05 Å². The third-order valence-electron chi connectivity index (χ3n) is 3.65. The summed E-state index contributed by atoms with van der Waals surface area (Å²) in [4.78, 5) is 20.1. The summed E-state index contributed by atoms with van der Waals surface area (Å²) < 4.78 is 0. The number of aromatic nitrogens is 1. The fourth-order valence-electron chi connectivity index (χ4n) is 2.29. The first-order valence-corrected chi connectivity index (χ1v) is 7.22. The lowest BCUT2D eigenvalue weighted by Crippen LogP contribution is -2.49. The van der Waals surface area contributed by atoms with Crippen molar-refractivity contribution in [3.05, 3.63) is 23.4 Å². The van der Waals surface area contributed by atoms with Gasteiger partial charge in [0.25, 0.3) is 0 Å². The van der Waals surface area contributed by atoms with Gasteiger partial charge in [-0.15, -0.1) is 0 Å². The molecule has 0 spiro atoms. The number of rotatable bonds is 6. The number of carbonyl (C=O) groups excluding carboxylic acids is 1. The summed E-state index contributed by atoms with van der Waals surface area (Å²) in [6.45, 7) is 0.668. The van der Waals surface area contributed by atoms with Gasteiger partial charge in [-0.05, 0) is 31.4 Å². The first kappa shape index (κ1) is 15.1. The molecular weight excluding hydrogens is 278 g/mol. The molecule has 1 heterocycles. The molecule has 1 N–H and O–H groups in total. The molecule has 6 heteroatoms. The van der Waals surface area contributed by atoms with E-state index < -0.39 is 0 Å². The maximum Gasteiger partial charge on any atom is 0.242 e. The smallest absolute Gasteiger partial charge is 0.242 e.